The Bertz CT molecular complexity index is 1440. The van der Waals surface area contributed by atoms with Gasteiger partial charge in [-0.1, -0.05) is 73.5 Å². The van der Waals surface area contributed by atoms with Gasteiger partial charge in [-0.15, -0.1) is 0 Å². The number of carbonyl (C=O) groups is 2. The molecule has 0 aliphatic heterocycles. The molecule has 10 heteroatoms. The Morgan fingerprint density at radius 1 is 0.952 bits per heavy atom. The molecule has 226 valence electrons. The van der Waals surface area contributed by atoms with Crippen LogP contribution in [0.1, 0.15) is 49.3 Å². The number of benzene rings is 3. The van der Waals surface area contributed by atoms with Gasteiger partial charge in [-0.05, 0) is 60.7 Å². The lowest BCUT2D eigenvalue weighted by atomic mass is 10.0. The first-order valence-corrected chi connectivity index (χ1v) is 16.3. The zero-order chi connectivity index (χ0) is 30.7. The van der Waals surface area contributed by atoms with Crippen LogP contribution in [0.2, 0.25) is 5.02 Å². The predicted octanol–water partition coefficient (Wildman–Crippen LogP) is 5.89. The summed E-state index contributed by atoms with van der Waals surface area (Å²) in [7, 11) is -3.66. The molecule has 0 saturated carbocycles. The molecular weight excluding hydrogens is 577 g/mol. The van der Waals surface area contributed by atoms with Gasteiger partial charge in [-0.2, -0.15) is 0 Å². The molecule has 0 aromatic heterocycles. The number of rotatable bonds is 15. The van der Waals surface area contributed by atoms with E-state index < -0.39 is 21.9 Å². The fraction of sp³-hybridized carbons (Fsp3) is 0.375. The van der Waals surface area contributed by atoms with Crippen molar-refractivity contribution in [1.29, 1.82) is 0 Å². The van der Waals surface area contributed by atoms with Crippen molar-refractivity contribution < 1.29 is 22.4 Å². The Hall–Kier alpha value is -3.43. The van der Waals surface area contributed by atoms with Gasteiger partial charge in [0.25, 0.3) is 0 Å². The SMILES string of the molecule is CCCCNC(=O)[C@H](Cc1ccccc1)N(Cc1ccc(F)cc1)C(=O)CCCN(c1cccc(Cl)c1C)S(C)(=O)=O. The highest BCUT2D eigenvalue weighted by molar-refractivity contribution is 7.92. The molecule has 3 aromatic carbocycles. The van der Waals surface area contributed by atoms with Crippen LogP contribution in [0, 0.1) is 12.7 Å². The van der Waals surface area contributed by atoms with Crippen LogP contribution in [0.5, 0.6) is 0 Å². The van der Waals surface area contributed by atoms with Gasteiger partial charge in [-0.25, -0.2) is 12.8 Å². The number of nitrogens with one attached hydrogen (secondary N) is 1. The largest absolute Gasteiger partial charge is 0.354 e. The average Bonchev–Trinajstić information content (AvgIpc) is 2.95. The lowest BCUT2D eigenvalue weighted by molar-refractivity contribution is -0.141. The normalized spacial score (nSPS) is 12.0. The molecule has 42 heavy (non-hydrogen) atoms. The van der Waals surface area contributed by atoms with Crippen LogP contribution in [0.4, 0.5) is 10.1 Å². The van der Waals surface area contributed by atoms with Crippen molar-refractivity contribution in [2.45, 2.75) is 58.5 Å². The molecule has 1 N–H and O–H groups in total. The van der Waals surface area contributed by atoms with E-state index in [0.717, 1.165) is 24.7 Å². The zero-order valence-corrected chi connectivity index (χ0v) is 25.9. The molecule has 2 amide bonds. The summed E-state index contributed by atoms with van der Waals surface area (Å²) in [5.41, 5.74) is 2.65. The van der Waals surface area contributed by atoms with Crippen LogP contribution < -0.4 is 9.62 Å². The summed E-state index contributed by atoms with van der Waals surface area (Å²) in [4.78, 5) is 28.9. The first-order valence-electron chi connectivity index (χ1n) is 14.1. The molecular formula is C32H39ClFN3O4S. The third-order valence-corrected chi connectivity index (χ3v) is 8.62. The topological polar surface area (TPSA) is 86.8 Å². The average molecular weight is 616 g/mol. The van der Waals surface area contributed by atoms with E-state index >= 15 is 0 Å². The van der Waals surface area contributed by atoms with Crippen molar-refractivity contribution in [3.63, 3.8) is 0 Å². The molecule has 3 rings (SSSR count). The molecule has 0 heterocycles. The zero-order valence-electron chi connectivity index (χ0n) is 24.4. The van der Waals surface area contributed by atoms with Gasteiger partial charge < -0.3 is 10.2 Å². The highest BCUT2D eigenvalue weighted by Crippen LogP contribution is 2.28. The molecule has 7 nitrogen and oxygen atoms in total. The molecule has 1 atom stereocenters. The number of hydrogen-bond donors (Lipinski definition) is 1. The third-order valence-electron chi connectivity index (χ3n) is 7.03. The Kier molecular flexibility index (Phi) is 12.4. The van der Waals surface area contributed by atoms with E-state index in [1.807, 2.05) is 37.3 Å². The van der Waals surface area contributed by atoms with Crippen LogP contribution in [0.3, 0.4) is 0 Å². The van der Waals surface area contributed by atoms with E-state index in [2.05, 4.69) is 5.32 Å². The Labute approximate surface area is 253 Å². The molecule has 0 unspecified atom stereocenters. The maximum atomic E-state index is 13.9. The minimum Gasteiger partial charge on any atom is -0.354 e. The second-order valence-electron chi connectivity index (χ2n) is 10.3. The lowest BCUT2D eigenvalue weighted by Gasteiger charge is -2.32. The summed E-state index contributed by atoms with van der Waals surface area (Å²) in [5.74, 6) is -0.968. The highest BCUT2D eigenvalue weighted by atomic mass is 35.5. The molecule has 0 spiro atoms. The Morgan fingerprint density at radius 2 is 1.64 bits per heavy atom. The van der Waals surface area contributed by atoms with Gasteiger partial charge in [0.15, 0.2) is 0 Å². The van der Waals surface area contributed by atoms with E-state index in [4.69, 9.17) is 11.6 Å². The molecule has 0 radical (unpaired) electrons. The highest BCUT2D eigenvalue weighted by Gasteiger charge is 2.30. The van der Waals surface area contributed by atoms with Crippen molar-refractivity contribution in [3.8, 4) is 0 Å². The van der Waals surface area contributed by atoms with Crippen LogP contribution in [0.15, 0.2) is 72.8 Å². The fourth-order valence-corrected chi connectivity index (χ4v) is 5.88. The minimum absolute atomic E-state index is 0.000355. The smallest absolute Gasteiger partial charge is 0.243 e. The van der Waals surface area contributed by atoms with Gasteiger partial charge in [-0.3, -0.25) is 13.9 Å². The summed E-state index contributed by atoms with van der Waals surface area (Å²) in [6, 6.07) is 19.5. The van der Waals surface area contributed by atoms with Crippen molar-refractivity contribution in [3.05, 3.63) is 100 Å². The third kappa shape index (κ3) is 9.56. The maximum Gasteiger partial charge on any atom is 0.243 e. The minimum atomic E-state index is -3.66. The number of carbonyl (C=O) groups excluding carboxylic acids is 2. The first-order chi connectivity index (χ1) is 20.0. The van der Waals surface area contributed by atoms with Crippen LogP contribution >= 0.6 is 11.6 Å². The van der Waals surface area contributed by atoms with Crippen LogP contribution in [-0.2, 0) is 32.6 Å². The van der Waals surface area contributed by atoms with Gasteiger partial charge in [0.2, 0.25) is 21.8 Å². The van der Waals surface area contributed by atoms with Gasteiger partial charge in [0.05, 0.1) is 11.9 Å². The van der Waals surface area contributed by atoms with E-state index in [1.54, 1.807) is 37.3 Å². The Morgan fingerprint density at radius 3 is 2.29 bits per heavy atom. The van der Waals surface area contributed by atoms with Gasteiger partial charge in [0.1, 0.15) is 11.9 Å². The first kappa shape index (κ1) is 33.1. The molecule has 0 saturated heterocycles. The Balaban J connectivity index is 1.88. The molecule has 0 bridgehead atoms. The predicted molar refractivity (Wildman–Crippen MR) is 166 cm³/mol. The van der Waals surface area contributed by atoms with E-state index in [0.29, 0.717) is 34.8 Å². The monoisotopic (exact) mass is 615 g/mol. The quantitative estimate of drug-likeness (QED) is 0.216. The van der Waals surface area contributed by atoms with Gasteiger partial charge in [0, 0.05) is 37.5 Å². The number of hydrogen-bond acceptors (Lipinski definition) is 4. The van der Waals surface area contributed by atoms with Crippen LogP contribution in [-0.4, -0.2) is 50.5 Å². The number of amides is 2. The molecule has 0 aliphatic rings. The van der Waals surface area contributed by atoms with E-state index in [-0.39, 0.29) is 37.7 Å². The fourth-order valence-electron chi connectivity index (χ4n) is 4.70. The number of unbranched alkanes of at least 4 members (excludes halogenated alkanes) is 1. The van der Waals surface area contributed by atoms with E-state index in [1.165, 1.54) is 21.3 Å². The second-order valence-corrected chi connectivity index (χ2v) is 12.6. The summed E-state index contributed by atoms with van der Waals surface area (Å²) in [6.45, 7) is 4.42. The van der Waals surface area contributed by atoms with Crippen molar-refractivity contribution in [2.75, 3.05) is 23.7 Å². The van der Waals surface area contributed by atoms with Crippen molar-refractivity contribution >= 4 is 39.1 Å². The summed E-state index contributed by atoms with van der Waals surface area (Å²) in [5, 5.41) is 3.41. The number of nitrogens with zero attached hydrogens (tertiary/aromatic N) is 2. The van der Waals surface area contributed by atoms with Crippen molar-refractivity contribution in [2.24, 2.45) is 0 Å². The maximum absolute atomic E-state index is 13.9. The van der Waals surface area contributed by atoms with Gasteiger partial charge >= 0.3 is 0 Å². The van der Waals surface area contributed by atoms with Crippen molar-refractivity contribution in [1.82, 2.24) is 10.2 Å². The summed E-state index contributed by atoms with van der Waals surface area (Å²) < 4.78 is 40.3. The lowest BCUT2D eigenvalue weighted by Crippen LogP contribution is -2.50. The number of anilines is 1. The molecule has 3 aromatic rings. The van der Waals surface area contributed by atoms with E-state index in [9.17, 15) is 22.4 Å². The summed E-state index contributed by atoms with van der Waals surface area (Å²) >= 11 is 6.25. The summed E-state index contributed by atoms with van der Waals surface area (Å²) in [6.07, 6.45) is 3.34. The second kappa shape index (κ2) is 15.7. The standard InChI is InChI=1S/C32H39ClFN3O4S/c1-4-5-20-35-32(39)30(22-25-11-7-6-8-12-25)36(23-26-16-18-27(34)19-17-26)31(38)15-10-21-37(42(3,40)41)29-14-9-13-28(33)24(29)2/h6-9,11-14,16-19,30H,4-5,10,15,20-23H2,1-3H3,(H,35,39)/t30-/m0/s1. The number of halogens is 2. The number of sulfonamides is 1. The molecule has 0 fully saturated rings. The molecule has 0 aliphatic carbocycles. The van der Waals surface area contributed by atoms with Crippen LogP contribution in [0.25, 0.3) is 0 Å².